The number of fused-ring (bicyclic) bond motifs is 1. The maximum atomic E-state index is 12.3. The van der Waals surface area contributed by atoms with Crippen LogP contribution in [0.2, 0.25) is 5.02 Å². The van der Waals surface area contributed by atoms with Crippen molar-refractivity contribution >= 4 is 28.3 Å². The van der Waals surface area contributed by atoms with Crippen LogP contribution in [0.25, 0.3) is 10.8 Å². The molecule has 26 heavy (non-hydrogen) atoms. The summed E-state index contributed by atoms with van der Waals surface area (Å²) >= 11 is 6.21. The fourth-order valence-corrected chi connectivity index (χ4v) is 3.12. The highest BCUT2D eigenvalue weighted by Crippen LogP contribution is 2.31. The Bertz CT molecular complexity index is 926. The summed E-state index contributed by atoms with van der Waals surface area (Å²) in [5, 5.41) is 5.36. The van der Waals surface area contributed by atoms with Gasteiger partial charge in [0.25, 0.3) is 5.91 Å². The summed E-state index contributed by atoms with van der Waals surface area (Å²) in [7, 11) is 1.61. The van der Waals surface area contributed by atoms with E-state index >= 15 is 0 Å². The van der Waals surface area contributed by atoms with Crippen LogP contribution in [0.3, 0.4) is 0 Å². The minimum absolute atomic E-state index is 0.0783. The first-order valence-electron chi connectivity index (χ1n) is 8.32. The highest BCUT2D eigenvalue weighted by Gasteiger charge is 2.14. The van der Waals surface area contributed by atoms with Gasteiger partial charge < -0.3 is 14.8 Å². The molecule has 0 unspecified atom stereocenters. The Morgan fingerprint density at radius 3 is 2.46 bits per heavy atom. The smallest absolute Gasteiger partial charge is 0.258 e. The summed E-state index contributed by atoms with van der Waals surface area (Å²) in [6.45, 7) is 1.83. The van der Waals surface area contributed by atoms with Gasteiger partial charge in [0.1, 0.15) is 11.5 Å². The first-order valence-corrected chi connectivity index (χ1v) is 8.70. The van der Waals surface area contributed by atoms with E-state index in [0.29, 0.717) is 10.8 Å². The number of rotatable bonds is 6. The number of halogens is 1. The fraction of sp³-hybridized carbons (Fsp3) is 0.190. The summed E-state index contributed by atoms with van der Waals surface area (Å²) in [4.78, 5) is 12.3. The van der Waals surface area contributed by atoms with E-state index in [0.717, 1.165) is 22.1 Å². The lowest BCUT2D eigenvalue weighted by atomic mass is 10.1. The maximum absolute atomic E-state index is 12.3. The number of benzene rings is 3. The molecule has 0 aliphatic rings. The summed E-state index contributed by atoms with van der Waals surface area (Å²) in [6.07, 6.45) is 0. The number of ether oxygens (including phenoxy) is 2. The number of methoxy groups -OCH3 is 1. The fourth-order valence-electron chi connectivity index (χ4n) is 2.89. The molecule has 1 N–H and O–H groups in total. The minimum atomic E-state index is -0.206. The van der Waals surface area contributed by atoms with Gasteiger partial charge in [-0.1, -0.05) is 54.1 Å². The molecule has 1 amide bonds. The Labute approximate surface area is 157 Å². The molecule has 0 aliphatic carbocycles. The van der Waals surface area contributed by atoms with Crippen LogP contribution in [0.1, 0.15) is 18.5 Å². The van der Waals surface area contributed by atoms with Gasteiger partial charge in [-0.25, -0.2) is 0 Å². The van der Waals surface area contributed by atoms with Gasteiger partial charge in [-0.2, -0.15) is 0 Å². The monoisotopic (exact) mass is 369 g/mol. The summed E-state index contributed by atoms with van der Waals surface area (Å²) < 4.78 is 11.1. The minimum Gasteiger partial charge on any atom is -0.496 e. The van der Waals surface area contributed by atoms with Crippen LogP contribution in [0.5, 0.6) is 11.5 Å². The summed E-state index contributed by atoms with van der Waals surface area (Å²) in [5.74, 6) is 1.16. The van der Waals surface area contributed by atoms with Gasteiger partial charge in [-0.15, -0.1) is 0 Å². The number of carbonyl (C=O) groups excluding carboxylic acids is 1. The first kappa shape index (κ1) is 18.1. The second-order valence-corrected chi connectivity index (χ2v) is 6.32. The van der Waals surface area contributed by atoms with Crippen molar-refractivity contribution in [3.8, 4) is 11.5 Å². The third-order valence-corrected chi connectivity index (χ3v) is 4.50. The lowest BCUT2D eigenvalue weighted by Gasteiger charge is -2.17. The normalized spacial score (nSPS) is 11.8. The van der Waals surface area contributed by atoms with Crippen molar-refractivity contribution in [1.29, 1.82) is 0 Å². The Morgan fingerprint density at radius 2 is 1.69 bits per heavy atom. The van der Waals surface area contributed by atoms with E-state index in [4.69, 9.17) is 21.1 Å². The van der Waals surface area contributed by atoms with Crippen LogP contribution in [0.4, 0.5) is 0 Å². The lowest BCUT2D eigenvalue weighted by molar-refractivity contribution is -0.123. The van der Waals surface area contributed by atoms with Gasteiger partial charge in [-0.3, -0.25) is 4.79 Å². The van der Waals surface area contributed by atoms with E-state index in [1.54, 1.807) is 19.2 Å². The molecule has 0 saturated heterocycles. The van der Waals surface area contributed by atoms with Crippen molar-refractivity contribution in [3.05, 3.63) is 71.2 Å². The quantitative estimate of drug-likeness (QED) is 0.681. The molecule has 0 saturated carbocycles. The maximum Gasteiger partial charge on any atom is 0.258 e. The van der Waals surface area contributed by atoms with E-state index in [-0.39, 0.29) is 18.6 Å². The lowest BCUT2D eigenvalue weighted by Crippen LogP contribution is -2.31. The highest BCUT2D eigenvalue weighted by molar-refractivity contribution is 6.35. The molecule has 3 aromatic rings. The third kappa shape index (κ3) is 3.92. The molecule has 0 aliphatic heterocycles. The SMILES string of the molecule is COc1ccccc1[C@@H](C)NC(=O)COc1ccc(Cl)c2ccccc12. The standard InChI is InChI=1S/C21H20ClNO3/c1-14(15-7-5-6-10-19(15)25-2)23-21(24)13-26-20-12-11-18(22)16-8-3-4-9-17(16)20/h3-12,14H,13H2,1-2H3,(H,23,24)/t14-/m1/s1. The van der Waals surface area contributed by atoms with Crippen molar-refractivity contribution < 1.29 is 14.3 Å². The molecule has 4 nitrogen and oxygen atoms in total. The average Bonchev–Trinajstić information content (AvgIpc) is 2.67. The predicted molar refractivity (Wildman–Crippen MR) is 104 cm³/mol. The number of para-hydroxylation sites is 1. The Kier molecular flexibility index (Phi) is 5.64. The zero-order valence-electron chi connectivity index (χ0n) is 14.7. The molecule has 3 aromatic carbocycles. The second-order valence-electron chi connectivity index (χ2n) is 5.91. The van der Waals surface area contributed by atoms with E-state index in [1.165, 1.54) is 0 Å². The molecule has 0 fully saturated rings. The van der Waals surface area contributed by atoms with Gasteiger partial charge in [-0.05, 0) is 25.1 Å². The number of amides is 1. The number of hydrogen-bond donors (Lipinski definition) is 1. The van der Waals surface area contributed by atoms with E-state index in [1.807, 2.05) is 55.5 Å². The first-order chi connectivity index (χ1) is 12.6. The number of carbonyl (C=O) groups is 1. The van der Waals surface area contributed by atoms with Gasteiger partial charge in [0.05, 0.1) is 13.2 Å². The molecular weight excluding hydrogens is 350 g/mol. The van der Waals surface area contributed by atoms with E-state index < -0.39 is 0 Å². The van der Waals surface area contributed by atoms with Gasteiger partial charge in [0.2, 0.25) is 0 Å². The third-order valence-electron chi connectivity index (χ3n) is 4.17. The molecule has 0 radical (unpaired) electrons. The van der Waals surface area contributed by atoms with E-state index in [9.17, 15) is 4.79 Å². The molecule has 1 atom stereocenters. The van der Waals surface area contributed by atoms with Crippen molar-refractivity contribution in [3.63, 3.8) is 0 Å². The van der Waals surface area contributed by atoms with Gasteiger partial charge in [0, 0.05) is 21.4 Å². The van der Waals surface area contributed by atoms with Crippen molar-refractivity contribution in [2.24, 2.45) is 0 Å². The van der Waals surface area contributed by atoms with Gasteiger partial charge in [0.15, 0.2) is 6.61 Å². The summed E-state index contributed by atoms with van der Waals surface area (Å²) in [6, 6.07) is 18.6. The largest absolute Gasteiger partial charge is 0.496 e. The zero-order valence-corrected chi connectivity index (χ0v) is 15.4. The number of nitrogens with one attached hydrogen (secondary N) is 1. The van der Waals surface area contributed by atoms with Crippen LogP contribution in [-0.2, 0) is 4.79 Å². The molecule has 134 valence electrons. The van der Waals surface area contributed by atoms with Crippen molar-refractivity contribution in [1.82, 2.24) is 5.32 Å². The molecule has 5 heteroatoms. The van der Waals surface area contributed by atoms with Crippen molar-refractivity contribution in [2.75, 3.05) is 13.7 Å². The predicted octanol–water partition coefficient (Wildman–Crippen LogP) is 4.76. The van der Waals surface area contributed by atoms with Crippen LogP contribution in [0.15, 0.2) is 60.7 Å². The topological polar surface area (TPSA) is 47.6 Å². The Hall–Kier alpha value is -2.72. The average molecular weight is 370 g/mol. The van der Waals surface area contributed by atoms with Crippen LogP contribution >= 0.6 is 11.6 Å². The zero-order chi connectivity index (χ0) is 18.5. The molecular formula is C21H20ClNO3. The van der Waals surface area contributed by atoms with E-state index in [2.05, 4.69) is 5.32 Å². The molecule has 0 spiro atoms. The highest BCUT2D eigenvalue weighted by atomic mass is 35.5. The molecule has 0 bridgehead atoms. The second kappa shape index (κ2) is 8.11. The Morgan fingerprint density at radius 1 is 1.00 bits per heavy atom. The molecule has 0 aromatic heterocycles. The summed E-state index contributed by atoms with van der Waals surface area (Å²) in [5.41, 5.74) is 0.917. The van der Waals surface area contributed by atoms with Crippen LogP contribution < -0.4 is 14.8 Å². The van der Waals surface area contributed by atoms with Crippen molar-refractivity contribution in [2.45, 2.75) is 13.0 Å². The van der Waals surface area contributed by atoms with Crippen LogP contribution in [-0.4, -0.2) is 19.6 Å². The Balaban J connectivity index is 1.67. The van der Waals surface area contributed by atoms with Crippen LogP contribution in [0, 0.1) is 0 Å². The molecule has 0 heterocycles. The molecule has 3 rings (SSSR count). The van der Waals surface area contributed by atoms with Gasteiger partial charge >= 0.3 is 0 Å². The number of hydrogen-bond acceptors (Lipinski definition) is 3.